The molecule has 0 aliphatic heterocycles. The van der Waals surface area contributed by atoms with E-state index >= 15 is 0 Å². The van der Waals surface area contributed by atoms with Crippen LogP contribution in [0.15, 0.2) is 0 Å². The highest BCUT2D eigenvalue weighted by Crippen LogP contribution is 2.45. The van der Waals surface area contributed by atoms with Crippen LogP contribution in [0.4, 0.5) is 0 Å². The largest absolute Gasteiger partial charge is 0.481 e. The predicted molar refractivity (Wildman–Crippen MR) is 45.3 cm³/mol. The highest BCUT2D eigenvalue weighted by molar-refractivity contribution is 5.80. The molecule has 1 rings (SSSR count). The lowest BCUT2D eigenvalue weighted by molar-refractivity contribution is -0.152. The summed E-state index contributed by atoms with van der Waals surface area (Å²) >= 11 is 0. The second-order valence-corrected chi connectivity index (χ2v) is 4.46. The summed E-state index contributed by atoms with van der Waals surface area (Å²) in [6.45, 7) is 3.82. The molecule has 1 fully saturated rings. The van der Waals surface area contributed by atoms with Gasteiger partial charge in [0.05, 0.1) is 11.8 Å². The first-order valence-electron chi connectivity index (χ1n) is 4.29. The summed E-state index contributed by atoms with van der Waals surface area (Å²) in [7, 11) is 0. The van der Waals surface area contributed by atoms with Gasteiger partial charge in [0.15, 0.2) is 0 Å². The maximum atomic E-state index is 10.7. The summed E-state index contributed by atoms with van der Waals surface area (Å²) in [6, 6.07) is 0. The van der Waals surface area contributed by atoms with E-state index in [1.165, 1.54) is 0 Å². The van der Waals surface area contributed by atoms with Crippen molar-refractivity contribution in [3.05, 3.63) is 0 Å². The van der Waals surface area contributed by atoms with Gasteiger partial charge in [-0.2, -0.15) is 0 Å². The molecule has 0 radical (unpaired) electrons. The van der Waals surface area contributed by atoms with Crippen molar-refractivity contribution in [1.29, 1.82) is 0 Å². The topological polar surface area (TPSA) is 74.6 Å². The molecule has 1 saturated carbocycles. The third kappa shape index (κ3) is 1.99. The third-order valence-electron chi connectivity index (χ3n) is 2.67. The first kappa shape index (κ1) is 10.0. The molecule has 4 nitrogen and oxygen atoms in total. The maximum Gasteiger partial charge on any atom is 0.307 e. The van der Waals surface area contributed by atoms with E-state index in [1.807, 2.05) is 13.8 Å². The Hall–Kier alpha value is -1.06. The van der Waals surface area contributed by atoms with Crippen molar-refractivity contribution in [3.63, 3.8) is 0 Å². The number of carbonyl (C=O) groups is 2. The van der Waals surface area contributed by atoms with Crippen LogP contribution < -0.4 is 0 Å². The highest BCUT2D eigenvalue weighted by atomic mass is 16.4. The van der Waals surface area contributed by atoms with Crippen LogP contribution >= 0.6 is 0 Å². The van der Waals surface area contributed by atoms with E-state index in [0.29, 0.717) is 12.8 Å². The highest BCUT2D eigenvalue weighted by Gasteiger charge is 2.46. The average Bonchev–Trinajstić information content (AvgIpc) is 2.26. The van der Waals surface area contributed by atoms with Crippen LogP contribution in [0, 0.1) is 17.3 Å². The fourth-order valence-electron chi connectivity index (χ4n) is 2.08. The quantitative estimate of drug-likeness (QED) is 0.679. The zero-order valence-corrected chi connectivity index (χ0v) is 7.78. The monoisotopic (exact) mass is 186 g/mol. The minimum absolute atomic E-state index is 0.161. The van der Waals surface area contributed by atoms with Gasteiger partial charge in [-0.3, -0.25) is 9.59 Å². The number of carboxylic acids is 2. The SMILES string of the molecule is CC1(C)CC(C(=O)O)C(C(=O)O)C1. The van der Waals surface area contributed by atoms with E-state index in [4.69, 9.17) is 10.2 Å². The Morgan fingerprint density at radius 2 is 1.38 bits per heavy atom. The first-order valence-corrected chi connectivity index (χ1v) is 4.29. The molecule has 0 heterocycles. The smallest absolute Gasteiger partial charge is 0.307 e. The fourth-order valence-corrected chi connectivity index (χ4v) is 2.08. The van der Waals surface area contributed by atoms with E-state index in [0.717, 1.165) is 0 Å². The van der Waals surface area contributed by atoms with Gasteiger partial charge >= 0.3 is 11.9 Å². The molecule has 1 aliphatic rings. The molecule has 74 valence electrons. The molecule has 4 heteroatoms. The fraction of sp³-hybridized carbons (Fsp3) is 0.778. The lowest BCUT2D eigenvalue weighted by Gasteiger charge is -2.15. The molecule has 0 bridgehead atoms. The Morgan fingerprint density at radius 1 is 1.08 bits per heavy atom. The Labute approximate surface area is 76.6 Å². The standard InChI is InChI=1S/C9H14O4/c1-9(2)3-5(7(10)11)6(4-9)8(12)13/h5-6H,3-4H2,1-2H3,(H,10,11)(H,12,13). The summed E-state index contributed by atoms with van der Waals surface area (Å²) in [5.41, 5.74) is -0.161. The molecule has 2 N–H and O–H groups in total. The molecule has 0 saturated heterocycles. The number of hydrogen-bond donors (Lipinski definition) is 2. The van der Waals surface area contributed by atoms with E-state index in [9.17, 15) is 9.59 Å². The second kappa shape index (κ2) is 3.01. The summed E-state index contributed by atoms with van der Waals surface area (Å²) in [4.78, 5) is 21.5. The van der Waals surface area contributed by atoms with Crippen LogP contribution in [0.1, 0.15) is 26.7 Å². The van der Waals surface area contributed by atoms with E-state index in [2.05, 4.69) is 0 Å². The molecule has 1 aliphatic carbocycles. The van der Waals surface area contributed by atoms with Crippen LogP contribution in [0.5, 0.6) is 0 Å². The molecule has 0 spiro atoms. The molecule has 0 amide bonds. The summed E-state index contributed by atoms with van der Waals surface area (Å²) in [5.74, 6) is -3.41. The third-order valence-corrected chi connectivity index (χ3v) is 2.67. The van der Waals surface area contributed by atoms with E-state index in [-0.39, 0.29) is 5.41 Å². The Kier molecular flexibility index (Phi) is 2.32. The summed E-state index contributed by atoms with van der Waals surface area (Å²) in [6.07, 6.45) is 0.915. The Morgan fingerprint density at radius 3 is 1.62 bits per heavy atom. The molecule has 2 unspecified atom stereocenters. The van der Waals surface area contributed by atoms with Crippen LogP contribution in [-0.4, -0.2) is 22.2 Å². The van der Waals surface area contributed by atoms with Gasteiger partial charge in [0.1, 0.15) is 0 Å². The summed E-state index contributed by atoms with van der Waals surface area (Å²) < 4.78 is 0. The molecule has 0 aromatic heterocycles. The van der Waals surface area contributed by atoms with E-state index < -0.39 is 23.8 Å². The van der Waals surface area contributed by atoms with Crippen molar-refractivity contribution in [2.45, 2.75) is 26.7 Å². The zero-order valence-electron chi connectivity index (χ0n) is 7.78. The van der Waals surface area contributed by atoms with Gasteiger partial charge in [0.25, 0.3) is 0 Å². The number of hydrogen-bond acceptors (Lipinski definition) is 2. The van der Waals surface area contributed by atoms with Crippen molar-refractivity contribution in [2.24, 2.45) is 17.3 Å². The maximum absolute atomic E-state index is 10.7. The molecular formula is C9H14O4. The predicted octanol–water partition coefficient (Wildman–Crippen LogP) is 1.21. The van der Waals surface area contributed by atoms with Crippen LogP contribution in [0.2, 0.25) is 0 Å². The van der Waals surface area contributed by atoms with Crippen molar-refractivity contribution >= 4 is 11.9 Å². The van der Waals surface area contributed by atoms with Crippen molar-refractivity contribution in [1.82, 2.24) is 0 Å². The van der Waals surface area contributed by atoms with Gasteiger partial charge in [0.2, 0.25) is 0 Å². The molecule has 2 atom stereocenters. The number of carboxylic acid groups (broad SMARTS) is 2. The lowest BCUT2D eigenvalue weighted by atomic mass is 9.90. The first-order chi connectivity index (χ1) is 5.83. The minimum Gasteiger partial charge on any atom is -0.481 e. The van der Waals surface area contributed by atoms with Gasteiger partial charge in [-0.1, -0.05) is 13.8 Å². The molecule has 0 aromatic rings. The second-order valence-electron chi connectivity index (χ2n) is 4.46. The van der Waals surface area contributed by atoms with Gasteiger partial charge in [-0.15, -0.1) is 0 Å². The van der Waals surface area contributed by atoms with Crippen molar-refractivity contribution in [2.75, 3.05) is 0 Å². The minimum atomic E-state index is -0.988. The molecular weight excluding hydrogens is 172 g/mol. The lowest BCUT2D eigenvalue weighted by Crippen LogP contribution is -2.24. The average molecular weight is 186 g/mol. The van der Waals surface area contributed by atoms with Crippen molar-refractivity contribution in [3.8, 4) is 0 Å². The van der Waals surface area contributed by atoms with Gasteiger partial charge < -0.3 is 10.2 Å². The zero-order chi connectivity index (χ0) is 10.2. The number of rotatable bonds is 2. The normalized spacial score (nSPS) is 31.5. The number of aliphatic carboxylic acids is 2. The van der Waals surface area contributed by atoms with Crippen LogP contribution in [-0.2, 0) is 9.59 Å². The van der Waals surface area contributed by atoms with Crippen LogP contribution in [0.3, 0.4) is 0 Å². The molecule has 0 aromatic carbocycles. The molecule has 13 heavy (non-hydrogen) atoms. The van der Waals surface area contributed by atoms with Crippen LogP contribution in [0.25, 0.3) is 0 Å². The summed E-state index contributed by atoms with van der Waals surface area (Å²) in [5, 5.41) is 17.6. The van der Waals surface area contributed by atoms with E-state index in [1.54, 1.807) is 0 Å². The van der Waals surface area contributed by atoms with Gasteiger partial charge in [-0.05, 0) is 18.3 Å². The Balaban J connectivity index is 2.83. The Bertz CT molecular complexity index is 220. The van der Waals surface area contributed by atoms with Crippen molar-refractivity contribution < 1.29 is 19.8 Å². The van der Waals surface area contributed by atoms with Gasteiger partial charge in [0, 0.05) is 0 Å². The van der Waals surface area contributed by atoms with Gasteiger partial charge in [-0.25, -0.2) is 0 Å².